The minimum Gasteiger partial charge on any atom is -0.0986 e. The summed E-state index contributed by atoms with van der Waals surface area (Å²) in [5, 5.41) is 2.00. The van der Waals surface area contributed by atoms with Crippen molar-refractivity contribution in [1.29, 1.82) is 0 Å². The van der Waals surface area contributed by atoms with E-state index >= 15 is 0 Å². The highest BCUT2D eigenvalue weighted by Gasteiger charge is 1.57. The molecule has 5 heavy (non-hydrogen) atoms. The largest absolute Gasteiger partial charge is 0.172 e. The lowest BCUT2D eigenvalue weighted by atomic mass is 10.8. The van der Waals surface area contributed by atoms with Crippen molar-refractivity contribution >= 4 is 23.2 Å². The third-order valence-electron chi connectivity index (χ3n) is 0.0945. The molecule has 2 radical (unpaired) electrons. The Morgan fingerprint density at radius 3 is 1.80 bits per heavy atom. The molecule has 0 saturated carbocycles. The molecule has 0 nitrogen and oxygen atoms in total. The van der Waals surface area contributed by atoms with Gasteiger partial charge in [-0.25, -0.2) is 0 Å². The summed E-state index contributed by atoms with van der Waals surface area (Å²) in [6, 6.07) is 0. The van der Waals surface area contributed by atoms with E-state index in [0.717, 1.165) is 0 Å². The minimum atomic E-state index is 2.00. The van der Waals surface area contributed by atoms with Gasteiger partial charge >= 0.3 is 0 Å². The number of halogens is 2. The summed E-state index contributed by atoms with van der Waals surface area (Å²) >= 11 is 9.59. The maximum Gasteiger partial charge on any atom is 0.172 e. The van der Waals surface area contributed by atoms with E-state index in [1.165, 1.54) is 0 Å². The molecule has 0 fully saturated rings. The number of hydrogen-bond donors (Lipinski definition) is 0. The third kappa shape index (κ3) is 4.14. The molecule has 0 spiro atoms. The van der Waals surface area contributed by atoms with Crippen LogP contribution in [-0.2, 0) is 0 Å². The predicted molar refractivity (Wildman–Crippen MR) is 22.7 cm³/mol. The van der Waals surface area contributed by atoms with E-state index in [1.54, 1.807) is 0 Å². The van der Waals surface area contributed by atoms with Crippen LogP contribution >= 0.6 is 23.2 Å². The number of rotatable bonds is 0. The second-order valence-electron chi connectivity index (χ2n) is 0.314. The summed E-state index contributed by atoms with van der Waals surface area (Å²) < 4.78 is 0. The summed E-state index contributed by atoms with van der Waals surface area (Å²) in [6.07, 6.45) is 0. The maximum absolute atomic E-state index is 4.79. The van der Waals surface area contributed by atoms with Gasteiger partial charge in [0.2, 0.25) is 0 Å². The normalized spacial score (nSPS) is 5.20. The lowest BCUT2D eigenvalue weighted by molar-refractivity contribution is 2.25. The zero-order chi connectivity index (χ0) is 4.12. The topological polar surface area (TPSA) is 0 Å². The van der Waals surface area contributed by atoms with Gasteiger partial charge in [0.25, 0.3) is 0 Å². The second kappa shape index (κ2) is 4.14. The highest BCUT2D eigenvalue weighted by atomic mass is 35.5. The van der Waals surface area contributed by atoms with Gasteiger partial charge < -0.3 is 0 Å². The van der Waals surface area contributed by atoms with Crippen molar-refractivity contribution in [2.45, 2.75) is 0 Å². The van der Waals surface area contributed by atoms with Crippen molar-refractivity contribution < 1.29 is 0 Å². The summed E-state index contributed by atoms with van der Waals surface area (Å²) in [5.41, 5.74) is 0. The molecule has 0 aliphatic rings. The van der Waals surface area contributed by atoms with Crippen LogP contribution in [0.25, 0.3) is 0 Å². The smallest absolute Gasteiger partial charge is 0.0986 e. The Bertz CT molecular complexity index is 57.0. The average Bonchev–Trinajstić information content (AvgIpc) is 1.41. The van der Waals surface area contributed by atoms with Crippen LogP contribution in [0.15, 0.2) is 0 Å². The van der Waals surface area contributed by atoms with Gasteiger partial charge in [0.05, 0.1) is 0 Å². The maximum atomic E-state index is 4.79. The molecular weight excluding hydrogens is 107 g/mol. The Balaban J connectivity index is 2.81. The molecule has 0 N–H and O–H groups in total. The lowest BCUT2D eigenvalue weighted by Gasteiger charge is -1.50. The second-order valence-corrected chi connectivity index (χ2v) is 0.692. The van der Waals surface area contributed by atoms with E-state index in [2.05, 4.69) is 5.92 Å². The molecular formula is C3Cl2. The minimum absolute atomic E-state index is 2.00. The summed E-state index contributed by atoms with van der Waals surface area (Å²) in [5.74, 6) is 4.14. The summed E-state index contributed by atoms with van der Waals surface area (Å²) in [7, 11) is 0. The van der Waals surface area contributed by atoms with E-state index in [9.17, 15) is 0 Å². The molecule has 0 amide bonds. The standard InChI is InChI=1S/C3Cl2/c4-2-1-3-5. The monoisotopic (exact) mass is 106 g/mol. The first-order chi connectivity index (χ1) is 2.41. The SMILES string of the molecule is Cl[C]C#CCl. The fourth-order valence-electron chi connectivity index (χ4n) is 0.0179. The van der Waals surface area contributed by atoms with Gasteiger partial charge in [0, 0.05) is 5.38 Å². The van der Waals surface area contributed by atoms with Gasteiger partial charge in [-0.3, -0.25) is 0 Å². The quantitative estimate of drug-likeness (QED) is 0.411. The predicted octanol–water partition coefficient (Wildman–Crippen LogP) is 1.46. The first-order valence-corrected chi connectivity index (χ1v) is 1.63. The Kier molecular flexibility index (Phi) is 4.26. The van der Waals surface area contributed by atoms with Crippen molar-refractivity contribution in [3.63, 3.8) is 0 Å². The molecule has 2 heteroatoms. The van der Waals surface area contributed by atoms with Crippen LogP contribution in [-0.4, -0.2) is 0 Å². The van der Waals surface area contributed by atoms with E-state index < -0.39 is 0 Å². The first-order valence-electron chi connectivity index (χ1n) is 0.878. The molecule has 0 atom stereocenters. The molecule has 0 aromatic rings. The highest BCUT2D eigenvalue weighted by molar-refractivity contribution is 6.32. The van der Waals surface area contributed by atoms with Gasteiger partial charge in [0.1, 0.15) is 0 Å². The molecule has 0 unspecified atom stereocenters. The molecule has 0 aromatic heterocycles. The molecule has 0 aliphatic heterocycles. The van der Waals surface area contributed by atoms with Crippen molar-refractivity contribution in [2.24, 2.45) is 0 Å². The number of hydrogen-bond acceptors (Lipinski definition) is 0. The van der Waals surface area contributed by atoms with Crippen molar-refractivity contribution in [3.05, 3.63) is 5.88 Å². The van der Waals surface area contributed by atoms with E-state index in [4.69, 9.17) is 23.2 Å². The van der Waals surface area contributed by atoms with E-state index in [0.29, 0.717) is 0 Å². The van der Waals surface area contributed by atoms with Crippen LogP contribution in [0.2, 0.25) is 0 Å². The van der Waals surface area contributed by atoms with Crippen LogP contribution < -0.4 is 0 Å². The Morgan fingerprint density at radius 2 is 1.80 bits per heavy atom. The fraction of sp³-hybridized carbons (Fsp3) is 0. The zero-order valence-corrected chi connectivity index (χ0v) is 3.77. The third-order valence-corrected chi connectivity index (χ3v) is 0.283. The first kappa shape index (κ1) is 5.14. The zero-order valence-electron chi connectivity index (χ0n) is 2.26. The van der Waals surface area contributed by atoms with Gasteiger partial charge in [-0.15, -0.1) is 0 Å². The molecule has 0 aliphatic carbocycles. The molecule has 26 valence electrons. The molecule has 0 aromatic carbocycles. The molecule has 0 saturated heterocycles. The molecule has 0 rings (SSSR count). The Morgan fingerprint density at radius 1 is 1.20 bits per heavy atom. The van der Waals surface area contributed by atoms with Crippen LogP contribution in [0.1, 0.15) is 0 Å². The lowest BCUT2D eigenvalue weighted by Crippen LogP contribution is -1.38. The molecule has 0 bridgehead atoms. The van der Waals surface area contributed by atoms with Crippen LogP contribution in [0.4, 0.5) is 0 Å². The van der Waals surface area contributed by atoms with E-state index in [-0.39, 0.29) is 0 Å². The Labute approximate surface area is 41.1 Å². The van der Waals surface area contributed by atoms with Crippen LogP contribution in [0.5, 0.6) is 0 Å². The average molecular weight is 107 g/mol. The fourth-order valence-corrected chi connectivity index (χ4v) is 0.161. The molecule has 0 heterocycles. The highest BCUT2D eigenvalue weighted by Crippen LogP contribution is 1.76. The summed E-state index contributed by atoms with van der Waals surface area (Å²) in [6.45, 7) is 0. The van der Waals surface area contributed by atoms with Crippen molar-refractivity contribution in [1.82, 2.24) is 0 Å². The van der Waals surface area contributed by atoms with Gasteiger partial charge in [-0.05, 0) is 11.6 Å². The van der Waals surface area contributed by atoms with Gasteiger partial charge in [-0.2, -0.15) is 0 Å². The van der Waals surface area contributed by atoms with Crippen LogP contribution in [0.3, 0.4) is 0 Å². The van der Waals surface area contributed by atoms with Crippen molar-refractivity contribution in [2.75, 3.05) is 0 Å². The van der Waals surface area contributed by atoms with Gasteiger partial charge in [-0.1, -0.05) is 17.5 Å². The Hall–Kier alpha value is 0.140. The summed E-state index contributed by atoms with van der Waals surface area (Å²) in [4.78, 5) is 0. The van der Waals surface area contributed by atoms with Gasteiger partial charge in [0.15, 0.2) is 5.88 Å². The van der Waals surface area contributed by atoms with Crippen molar-refractivity contribution in [3.8, 4) is 11.3 Å². The van der Waals surface area contributed by atoms with Crippen LogP contribution in [0, 0.1) is 17.2 Å². The van der Waals surface area contributed by atoms with E-state index in [1.807, 2.05) is 11.3 Å².